The molecular formula is C35H33ClFN5O3. The second-order valence-corrected chi connectivity index (χ2v) is 11.9. The summed E-state index contributed by atoms with van der Waals surface area (Å²) in [6.45, 7) is 5.77. The fourth-order valence-electron chi connectivity index (χ4n) is 6.17. The molecule has 1 unspecified atom stereocenters. The van der Waals surface area contributed by atoms with Gasteiger partial charge >= 0.3 is 0 Å². The number of nitrogens with zero attached hydrogens (tertiary/aromatic N) is 4. The van der Waals surface area contributed by atoms with E-state index in [4.69, 9.17) is 21.6 Å². The summed E-state index contributed by atoms with van der Waals surface area (Å²) in [5.74, 6) is -1.33. The van der Waals surface area contributed by atoms with Gasteiger partial charge in [0.05, 0.1) is 41.0 Å². The predicted molar refractivity (Wildman–Crippen MR) is 171 cm³/mol. The number of morpholine rings is 1. The number of amides is 2. The topological polar surface area (TPSA) is 90.6 Å². The van der Waals surface area contributed by atoms with Gasteiger partial charge in [0.15, 0.2) is 0 Å². The van der Waals surface area contributed by atoms with Crippen molar-refractivity contribution in [3.8, 4) is 17.3 Å². The van der Waals surface area contributed by atoms with Crippen LogP contribution in [0.2, 0.25) is 5.02 Å². The van der Waals surface area contributed by atoms with Gasteiger partial charge in [0, 0.05) is 61.9 Å². The number of ether oxygens (including phenoxy) is 1. The molecule has 0 radical (unpaired) electrons. The molecule has 10 heteroatoms. The number of fused-ring (bicyclic) bond motifs is 1. The summed E-state index contributed by atoms with van der Waals surface area (Å²) in [7, 11) is 1.80. The molecule has 3 aromatic carbocycles. The van der Waals surface area contributed by atoms with E-state index in [0.717, 1.165) is 18.7 Å². The van der Waals surface area contributed by atoms with Crippen molar-refractivity contribution in [1.29, 1.82) is 5.26 Å². The first kappa shape index (κ1) is 30.5. The molecule has 3 heterocycles. The van der Waals surface area contributed by atoms with Crippen molar-refractivity contribution in [3.63, 3.8) is 0 Å². The number of carbonyl (C=O) groups excluding carboxylic acids is 2. The maximum atomic E-state index is 15.1. The van der Waals surface area contributed by atoms with Crippen molar-refractivity contribution in [2.45, 2.75) is 25.9 Å². The summed E-state index contributed by atoms with van der Waals surface area (Å²) in [5, 5.41) is 11.8. The molecule has 45 heavy (non-hydrogen) atoms. The van der Waals surface area contributed by atoms with Crippen LogP contribution in [0.4, 0.5) is 10.1 Å². The minimum atomic E-state index is -0.685. The smallest absolute Gasteiger partial charge is 0.257 e. The quantitative estimate of drug-likeness (QED) is 0.292. The van der Waals surface area contributed by atoms with Crippen molar-refractivity contribution in [1.82, 2.24) is 14.4 Å². The summed E-state index contributed by atoms with van der Waals surface area (Å²) in [4.78, 5) is 32.0. The van der Waals surface area contributed by atoms with E-state index < -0.39 is 5.82 Å². The molecule has 2 amide bonds. The number of nitriles is 1. The zero-order chi connectivity index (χ0) is 31.7. The van der Waals surface area contributed by atoms with Gasteiger partial charge in [-0.05, 0) is 66.9 Å². The van der Waals surface area contributed by atoms with Gasteiger partial charge in [-0.3, -0.25) is 14.5 Å². The molecular weight excluding hydrogens is 593 g/mol. The lowest BCUT2D eigenvalue weighted by atomic mass is 9.92. The monoisotopic (exact) mass is 625 g/mol. The number of nitrogens with one attached hydrogen (secondary N) is 1. The van der Waals surface area contributed by atoms with Crippen molar-refractivity contribution in [2.24, 2.45) is 7.05 Å². The van der Waals surface area contributed by atoms with E-state index in [9.17, 15) is 9.59 Å². The third kappa shape index (κ3) is 6.22. The molecule has 1 atom stereocenters. The number of hydrogen-bond donors (Lipinski definition) is 1. The van der Waals surface area contributed by atoms with Gasteiger partial charge in [-0.15, -0.1) is 0 Å². The van der Waals surface area contributed by atoms with Gasteiger partial charge in [-0.25, -0.2) is 4.39 Å². The molecule has 1 saturated heterocycles. The Morgan fingerprint density at radius 2 is 1.76 bits per heavy atom. The summed E-state index contributed by atoms with van der Waals surface area (Å²) in [5.41, 5.74) is 5.54. The number of anilines is 1. The Morgan fingerprint density at radius 1 is 1.04 bits per heavy atom. The van der Waals surface area contributed by atoms with Crippen LogP contribution in [0.5, 0.6) is 0 Å². The lowest BCUT2D eigenvalue weighted by Gasteiger charge is -2.40. The van der Waals surface area contributed by atoms with Crippen LogP contribution in [-0.2, 0) is 24.8 Å². The average Bonchev–Trinajstić information content (AvgIpc) is 3.35. The van der Waals surface area contributed by atoms with Gasteiger partial charge in [-0.1, -0.05) is 35.9 Å². The normalized spacial score (nSPS) is 16.6. The Balaban J connectivity index is 1.36. The summed E-state index contributed by atoms with van der Waals surface area (Å²) in [6.07, 6.45) is 0.688. The van der Waals surface area contributed by atoms with Crippen LogP contribution >= 0.6 is 11.6 Å². The van der Waals surface area contributed by atoms with Crippen LogP contribution in [-0.4, -0.2) is 65.1 Å². The number of halogens is 2. The van der Waals surface area contributed by atoms with E-state index in [-0.39, 0.29) is 28.4 Å². The Labute approximate surface area is 266 Å². The molecule has 8 nitrogen and oxygen atoms in total. The minimum absolute atomic E-state index is 0.113. The first-order valence-electron chi connectivity index (χ1n) is 14.9. The third-order valence-electron chi connectivity index (χ3n) is 8.81. The predicted octanol–water partition coefficient (Wildman–Crippen LogP) is 5.82. The molecule has 230 valence electrons. The number of carbonyl (C=O) groups is 2. The van der Waals surface area contributed by atoms with E-state index in [2.05, 4.69) is 22.4 Å². The van der Waals surface area contributed by atoms with E-state index in [1.54, 1.807) is 37.4 Å². The zero-order valence-corrected chi connectivity index (χ0v) is 25.9. The molecule has 2 aliphatic rings. The second kappa shape index (κ2) is 12.9. The molecule has 1 aromatic heterocycles. The summed E-state index contributed by atoms with van der Waals surface area (Å²) < 4.78 is 22.5. The summed E-state index contributed by atoms with van der Waals surface area (Å²) in [6, 6.07) is 21.0. The van der Waals surface area contributed by atoms with E-state index >= 15 is 4.39 Å². The SMILES string of the molecule is Cc1c(C(=O)Nc2ccc(C#N)cc2)cc(-c2cc(Cl)c(F)cc2C(=O)N2Cc3ccccc3CC2CN2CCOCC2)n1C. The van der Waals surface area contributed by atoms with Crippen LogP contribution < -0.4 is 5.32 Å². The molecule has 1 fully saturated rings. The molecule has 0 saturated carbocycles. The lowest BCUT2D eigenvalue weighted by molar-refractivity contribution is 0.0193. The molecule has 4 aromatic rings. The van der Waals surface area contributed by atoms with Crippen LogP contribution in [0, 0.1) is 24.1 Å². The maximum Gasteiger partial charge on any atom is 0.257 e. The Hall–Kier alpha value is -4.49. The minimum Gasteiger partial charge on any atom is -0.379 e. The summed E-state index contributed by atoms with van der Waals surface area (Å²) >= 11 is 6.31. The van der Waals surface area contributed by atoms with E-state index in [1.807, 2.05) is 34.6 Å². The first-order chi connectivity index (χ1) is 21.7. The van der Waals surface area contributed by atoms with Crippen LogP contribution in [0.25, 0.3) is 11.3 Å². The van der Waals surface area contributed by atoms with Crippen LogP contribution in [0.1, 0.15) is 43.1 Å². The number of rotatable bonds is 6. The first-order valence-corrected chi connectivity index (χ1v) is 15.3. The van der Waals surface area contributed by atoms with Crippen LogP contribution in [0.3, 0.4) is 0 Å². The van der Waals surface area contributed by atoms with E-state index in [0.29, 0.717) is 66.5 Å². The fourth-order valence-corrected chi connectivity index (χ4v) is 6.34. The number of aromatic nitrogens is 1. The third-order valence-corrected chi connectivity index (χ3v) is 9.10. The molecule has 6 rings (SSSR count). The Kier molecular flexibility index (Phi) is 8.72. The fraction of sp³-hybridized carbons (Fsp3) is 0.286. The number of benzene rings is 3. The highest BCUT2D eigenvalue weighted by Crippen LogP contribution is 2.35. The van der Waals surface area contributed by atoms with Gasteiger partial charge in [0.1, 0.15) is 5.82 Å². The lowest BCUT2D eigenvalue weighted by Crippen LogP contribution is -2.52. The average molecular weight is 626 g/mol. The highest BCUT2D eigenvalue weighted by atomic mass is 35.5. The van der Waals surface area contributed by atoms with Crippen molar-refractivity contribution < 1.29 is 18.7 Å². The standard InChI is InChI=1S/C35H33ClFN5O3/c1-22-28(34(43)39-26-9-7-23(19-38)8-10-26)18-33(40(22)2)29-16-31(36)32(37)17-30(29)35(44)42-20-25-6-4-3-5-24(25)15-27(42)21-41-11-13-45-14-12-41/h3-10,16-18,27H,11-15,20-21H2,1-2H3,(H,39,43). The molecule has 1 N–H and O–H groups in total. The zero-order valence-electron chi connectivity index (χ0n) is 25.1. The highest BCUT2D eigenvalue weighted by Gasteiger charge is 2.34. The maximum absolute atomic E-state index is 15.1. The van der Waals surface area contributed by atoms with Gasteiger partial charge < -0.3 is 19.5 Å². The molecule has 0 aliphatic carbocycles. The van der Waals surface area contributed by atoms with Crippen molar-refractivity contribution in [2.75, 3.05) is 38.2 Å². The van der Waals surface area contributed by atoms with Gasteiger partial charge in [0.25, 0.3) is 11.8 Å². The van der Waals surface area contributed by atoms with Crippen LogP contribution in [0.15, 0.2) is 66.7 Å². The highest BCUT2D eigenvalue weighted by molar-refractivity contribution is 6.31. The Morgan fingerprint density at radius 3 is 2.47 bits per heavy atom. The Bertz CT molecular complexity index is 1810. The van der Waals surface area contributed by atoms with Gasteiger partial charge in [0.2, 0.25) is 0 Å². The van der Waals surface area contributed by atoms with Crippen molar-refractivity contribution >= 4 is 29.1 Å². The number of hydrogen-bond acceptors (Lipinski definition) is 5. The molecule has 2 aliphatic heterocycles. The van der Waals surface area contributed by atoms with Crippen molar-refractivity contribution in [3.05, 3.63) is 111 Å². The molecule has 0 bridgehead atoms. The van der Waals surface area contributed by atoms with Gasteiger partial charge in [-0.2, -0.15) is 5.26 Å². The van der Waals surface area contributed by atoms with E-state index in [1.165, 1.54) is 17.7 Å². The molecule has 0 spiro atoms. The largest absolute Gasteiger partial charge is 0.379 e. The second-order valence-electron chi connectivity index (χ2n) is 11.5.